The second-order valence-corrected chi connectivity index (χ2v) is 7.33. The molecular weight excluding hydrogens is 326 g/mol. The Morgan fingerprint density at radius 2 is 2.08 bits per heavy atom. The van der Waals surface area contributed by atoms with Crippen molar-refractivity contribution >= 4 is 28.2 Å². The number of nitrogens with one attached hydrogen (secondary N) is 1. The highest BCUT2D eigenvalue weighted by molar-refractivity contribution is 7.17. The third kappa shape index (κ3) is 3.36. The highest BCUT2D eigenvalue weighted by Crippen LogP contribution is 2.38. The van der Waals surface area contributed by atoms with Crippen LogP contribution in [-0.2, 0) is 24.6 Å². The number of ether oxygens (including phenoxy) is 1. The van der Waals surface area contributed by atoms with Crippen LogP contribution in [0.3, 0.4) is 0 Å². The summed E-state index contributed by atoms with van der Waals surface area (Å²) in [6.07, 6.45) is 6.94. The van der Waals surface area contributed by atoms with Crippen molar-refractivity contribution in [3.63, 3.8) is 0 Å². The van der Waals surface area contributed by atoms with Gasteiger partial charge in [0.15, 0.2) is 0 Å². The molecule has 1 amide bonds. The Morgan fingerprint density at radius 1 is 1.33 bits per heavy atom. The van der Waals surface area contributed by atoms with E-state index in [4.69, 9.17) is 4.74 Å². The zero-order valence-corrected chi connectivity index (χ0v) is 14.9. The SMILES string of the molecule is CC(C)OC(=O)c1c(NC(=O)c2cnn(C)c2)sc2c1CCCC2. The van der Waals surface area contributed by atoms with E-state index in [0.717, 1.165) is 31.2 Å². The van der Waals surface area contributed by atoms with Crippen molar-refractivity contribution in [2.24, 2.45) is 7.05 Å². The Morgan fingerprint density at radius 3 is 2.75 bits per heavy atom. The van der Waals surface area contributed by atoms with E-state index in [9.17, 15) is 9.59 Å². The molecule has 0 radical (unpaired) electrons. The van der Waals surface area contributed by atoms with Gasteiger partial charge in [0.1, 0.15) is 5.00 Å². The molecule has 24 heavy (non-hydrogen) atoms. The minimum atomic E-state index is -0.356. The first kappa shape index (κ1) is 16.7. The molecule has 1 N–H and O–H groups in total. The molecule has 0 saturated heterocycles. The van der Waals surface area contributed by atoms with Crippen LogP contribution in [0.5, 0.6) is 0 Å². The third-order valence-electron chi connectivity index (χ3n) is 3.91. The van der Waals surface area contributed by atoms with E-state index in [1.165, 1.54) is 22.4 Å². The molecule has 0 atom stereocenters. The maximum absolute atomic E-state index is 12.5. The molecule has 2 heterocycles. The summed E-state index contributed by atoms with van der Waals surface area (Å²) < 4.78 is 6.96. The van der Waals surface area contributed by atoms with Crippen LogP contribution in [0, 0.1) is 0 Å². The Kier molecular flexibility index (Phi) is 4.71. The number of esters is 1. The Balaban J connectivity index is 1.92. The molecule has 0 saturated carbocycles. The highest BCUT2D eigenvalue weighted by atomic mass is 32.1. The number of carbonyl (C=O) groups excluding carboxylic acids is 2. The molecule has 0 unspecified atom stereocenters. The quantitative estimate of drug-likeness (QED) is 0.862. The second kappa shape index (κ2) is 6.76. The zero-order valence-electron chi connectivity index (χ0n) is 14.1. The van der Waals surface area contributed by atoms with Crippen LogP contribution < -0.4 is 5.32 Å². The average Bonchev–Trinajstić information content (AvgIpc) is 3.09. The zero-order chi connectivity index (χ0) is 17.3. The summed E-state index contributed by atoms with van der Waals surface area (Å²) >= 11 is 1.49. The van der Waals surface area contributed by atoms with Gasteiger partial charge >= 0.3 is 5.97 Å². The Labute approximate surface area is 144 Å². The fraction of sp³-hybridized carbons (Fsp3) is 0.471. The number of nitrogens with zero attached hydrogens (tertiary/aromatic N) is 2. The van der Waals surface area contributed by atoms with Gasteiger partial charge in [-0.3, -0.25) is 9.48 Å². The summed E-state index contributed by atoms with van der Waals surface area (Å²) in [7, 11) is 1.76. The van der Waals surface area contributed by atoms with Gasteiger partial charge in [0.05, 0.1) is 23.4 Å². The lowest BCUT2D eigenvalue weighted by molar-refractivity contribution is 0.0378. The molecule has 0 aromatic carbocycles. The highest BCUT2D eigenvalue weighted by Gasteiger charge is 2.28. The van der Waals surface area contributed by atoms with E-state index < -0.39 is 0 Å². The molecule has 0 spiro atoms. The molecule has 3 rings (SSSR count). The largest absolute Gasteiger partial charge is 0.459 e. The third-order valence-corrected chi connectivity index (χ3v) is 5.12. The number of aryl methyl sites for hydroxylation is 2. The molecule has 2 aromatic rings. The molecule has 128 valence electrons. The van der Waals surface area contributed by atoms with Crippen molar-refractivity contribution < 1.29 is 14.3 Å². The number of rotatable bonds is 4. The molecule has 0 fully saturated rings. The maximum atomic E-state index is 12.5. The Hall–Kier alpha value is -2.15. The van der Waals surface area contributed by atoms with E-state index in [1.807, 2.05) is 13.8 Å². The fourth-order valence-electron chi connectivity index (χ4n) is 2.86. The van der Waals surface area contributed by atoms with E-state index in [0.29, 0.717) is 16.1 Å². The van der Waals surface area contributed by atoms with Crippen LogP contribution in [-0.4, -0.2) is 27.8 Å². The van der Waals surface area contributed by atoms with Crippen molar-refractivity contribution in [1.82, 2.24) is 9.78 Å². The number of hydrogen-bond acceptors (Lipinski definition) is 5. The molecule has 1 aliphatic rings. The number of carbonyl (C=O) groups is 2. The number of amides is 1. The van der Waals surface area contributed by atoms with Gasteiger partial charge in [0, 0.05) is 18.1 Å². The van der Waals surface area contributed by atoms with Crippen molar-refractivity contribution in [3.8, 4) is 0 Å². The van der Waals surface area contributed by atoms with Crippen LogP contribution >= 0.6 is 11.3 Å². The number of fused-ring (bicyclic) bond motifs is 1. The van der Waals surface area contributed by atoms with Crippen LogP contribution in [0.25, 0.3) is 0 Å². The number of anilines is 1. The summed E-state index contributed by atoms with van der Waals surface area (Å²) in [6.45, 7) is 3.65. The van der Waals surface area contributed by atoms with Gasteiger partial charge in [-0.25, -0.2) is 4.79 Å². The topological polar surface area (TPSA) is 73.2 Å². The summed E-state index contributed by atoms with van der Waals surface area (Å²) in [5.74, 6) is -0.619. The summed E-state index contributed by atoms with van der Waals surface area (Å²) in [4.78, 5) is 26.2. The van der Waals surface area contributed by atoms with Gasteiger partial charge < -0.3 is 10.1 Å². The van der Waals surface area contributed by atoms with Gasteiger partial charge in [0.2, 0.25) is 0 Å². The predicted octanol–water partition coefficient (Wildman–Crippen LogP) is 3.18. The first-order valence-corrected chi connectivity index (χ1v) is 8.93. The lowest BCUT2D eigenvalue weighted by Gasteiger charge is -2.14. The number of aromatic nitrogens is 2. The maximum Gasteiger partial charge on any atom is 0.341 e. The summed E-state index contributed by atoms with van der Waals surface area (Å²) in [5.41, 5.74) is 2.03. The molecule has 2 aromatic heterocycles. The van der Waals surface area contributed by atoms with Gasteiger partial charge in [-0.15, -0.1) is 11.3 Å². The second-order valence-electron chi connectivity index (χ2n) is 6.23. The molecule has 0 aliphatic heterocycles. The minimum Gasteiger partial charge on any atom is -0.459 e. The summed E-state index contributed by atoms with van der Waals surface area (Å²) in [6, 6.07) is 0. The monoisotopic (exact) mass is 347 g/mol. The molecule has 7 heteroatoms. The smallest absolute Gasteiger partial charge is 0.341 e. The first-order valence-electron chi connectivity index (χ1n) is 8.11. The fourth-order valence-corrected chi connectivity index (χ4v) is 4.13. The van der Waals surface area contributed by atoms with Gasteiger partial charge in [0.25, 0.3) is 5.91 Å². The van der Waals surface area contributed by atoms with E-state index in [-0.39, 0.29) is 18.0 Å². The Bertz CT molecular complexity index is 776. The van der Waals surface area contributed by atoms with Crippen LogP contribution in [0.2, 0.25) is 0 Å². The molecule has 1 aliphatic carbocycles. The first-order chi connectivity index (χ1) is 11.5. The normalized spacial score (nSPS) is 13.7. The van der Waals surface area contributed by atoms with E-state index in [2.05, 4.69) is 10.4 Å². The predicted molar refractivity (Wildman–Crippen MR) is 92.7 cm³/mol. The van der Waals surface area contributed by atoms with Crippen LogP contribution in [0.4, 0.5) is 5.00 Å². The van der Waals surface area contributed by atoms with Crippen molar-refractivity contribution in [2.45, 2.75) is 45.6 Å². The van der Waals surface area contributed by atoms with Gasteiger partial charge in [-0.2, -0.15) is 5.10 Å². The van der Waals surface area contributed by atoms with Crippen molar-refractivity contribution in [2.75, 3.05) is 5.32 Å². The molecule has 0 bridgehead atoms. The molecule has 6 nitrogen and oxygen atoms in total. The lowest BCUT2D eigenvalue weighted by atomic mass is 9.95. The number of hydrogen-bond donors (Lipinski definition) is 1. The average molecular weight is 347 g/mol. The van der Waals surface area contributed by atoms with E-state index >= 15 is 0 Å². The van der Waals surface area contributed by atoms with Crippen molar-refractivity contribution in [3.05, 3.63) is 34.0 Å². The van der Waals surface area contributed by atoms with Gasteiger partial charge in [-0.1, -0.05) is 0 Å². The number of thiophene rings is 1. The summed E-state index contributed by atoms with van der Waals surface area (Å²) in [5, 5.41) is 7.47. The van der Waals surface area contributed by atoms with Crippen LogP contribution in [0.15, 0.2) is 12.4 Å². The lowest BCUT2D eigenvalue weighted by Crippen LogP contribution is -2.17. The standard InChI is InChI=1S/C17H21N3O3S/c1-10(2)23-17(22)14-12-6-4-5-7-13(12)24-16(14)19-15(21)11-8-18-20(3)9-11/h8-10H,4-7H2,1-3H3,(H,19,21). The van der Waals surface area contributed by atoms with E-state index in [1.54, 1.807) is 17.9 Å². The minimum absolute atomic E-state index is 0.196. The molecular formula is C17H21N3O3S. The van der Waals surface area contributed by atoms with Gasteiger partial charge in [-0.05, 0) is 45.1 Å². The van der Waals surface area contributed by atoms with Crippen LogP contribution in [0.1, 0.15) is 57.8 Å². The van der Waals surface area contributed by atoms with Crippen molar-refractivity contribution in [1.29, 1.82) is 0 Å².